The number of amidine groups is 2. The molecule has 4 rings (SSSR count). The summed E-state index contributed by atoms with van der Waals surface area (Å²) in [4.78, 5) is 16.7. The van der Waals surface area contributed by atoms with E-state index in [0.29, 0.717) is 61.7 Å². The van der Waals surface area contributed by atoms with Gasteiger partial charge in [0.1, 0.15) is 24.0 Å². The number of nitrogens with one attached hydrogen (secondary N) is 1. The van der Waals surface area contributed by atoms with Crippen molar-refractivity contribution in [2.45, 2.75) is 27.2 Å². The van der Waals surface area contributed by atoms with Crippen LogP contribution in [0.1, 0.15) is 31.4 Å². The number of thioether (sulfide) groups is 1. The Morgan fingerprint density at radius 2 is 1.73 bits per heavy atom. The Kier molecular flexibility index (Phi) is 8.97. The minimum absolute atomic E-state index is 0.00721. The Balaban J connectivity index is 1.33. The summed E-state index contributed by atoms with van der Waals surface area (Å²) in [6.07, 6.45) is 2.34. The molecule has 0 aromatic heterocycles. The number of hydrogen-bond acceptors (Lipinski definition) is 8. The number of benzene rings is 2. The van der Waals surface area contributed by atoms with Gasteiger partial charge in [0, 0.05) is 0 Å². The lowest BCUT2D eigenvalue weighted by Crippen LogP contribution is -2.35. The summed E-state index contributed by atoms with van der Waals surface area (Å²) >= 11 is 1.32. The number of carbonyl (C=O) groups is 1. The van der Waals surface area contributed by atoms with Gasteiger partial charge < -0.3 is 18.9 Å². The molecule has 0 unspecified atom stereocenters. The van der Waals surface area contributed by atoms with E-state index in [1.54, 1.807) is 24.3 Å². The summed E-state index contributed by atoms with van der Waals surface area (Å²) in [5.74, 6) is 1.52. The van der Waals surface area contributed by atoms with Crippen molar-refractivity contribution in [3.05, 3.63) is 59.2 Å². The number of hydrogen-bond donors (Lipinski definition) is 1. The van der Waals surface area contributed by atoms with Crippen LogP contribution in [0.4, 0.5) is 0 Å². The number of para-hydroxylation sites is 1. The SMILES string of the molecule is CCOc1cc(/C=C2/C(=N)N3N=C(CC)SC3=NC2=O)ccc1OCCOCCOc1ccccc1C. The van der Waals surface area contributed by atoms with Crippen LogP contribution in [0, 0.1) is 12.3 Å². The summed E-state index contributed by atoms with van der Waals surface area (Å²) in [6.45, 7) is 7.96. The van der Waals surface area contributed by atoms with Crippen molar-refractivity contribution in [2.75, 3.05) is 33.0 Å². The summed E-state index contributed by atoms with van der Waals surface area (Å²) in [5, 5.41) is 15.5. The van der Waals surface area contributed by atoms with Crippen molar-refractivity contribution in [3.8, 4) is 17.2 Å². The number of rotatable bonds is 12. The fourth-order valence-electron chi connectivity index (χ4n) is 3.58. The van der Waals surface area contributed by atoms with Gasteiger partial charge in [-0.2, -0.15) is 15.1 Å². The van der Waals surface area contributed by atoms with Crippen LogP contribution in [-0.2, 0) is 9.53 Å². The van der Waals surface area contributed by atoms with E-state index in [4.69, 9.17) is 24.4 Å². The second-order valence-corrected chi connectivity index (χ2v) is 9.12. The largest absolute Gasteiger partial charge is 0.491 e. The molecule has 0 spiro atoms. The highest BCUT2D eigenvalue weighted by Gasteiger charge is 2.35. The smallest absolute Gasteiger partial charge is 0.283 e. The molecular weight excluding hydrogens is 492 g/mol. The summed E-state index contributed by atoms with van der Waals surface area (Å²) < 4.78 is 23.0. The first kappa shape index (κ1) is 26.4. The lowest BCUT2D eigenvalue weighted by atomic mass is 10.1. The number of aryl methyl sites for hydroxylation is 1. The van der Waals surface area contributed by atoms with Crippen LogP contribution in [0.15, 0.2) is 58.1 Å². The van der Waals surface area contributed by atoms with Crippen molar-refractivity contribution in [1.82, 2.24) is 5.01 Å². The predicted octanol–water partition coefficient (Wildman–Crippen LogP) is 4.90. The van der Waals surface area contributed by atoms with E-state index in [-0.39, 0.29) is 11.4 Å². The van der Waals surface area contributed by atoms with Crippen molar-refractivity contribution in [1.29, 1.82) is 5.41 Å². The third-order valence-electron chi connectivity index (χ3n) is 5.44. The monoisotopic (exact) mass is 522 g/mol. The van der Waals surface area contributed by atoms with Crippen LogP contribution >= 0.6 is 11.8 Å². The van der Waals surface area contributed by atoms with Gasteiger partial charge in [-0.15, -0.1) is 0 Å². The number of fused-ring (bicyclic) bond motifs is 1. The lowest BCUT2D eigenvalue weighted by molar-refractivity contribution is -0.114. The molecule has 1 amide bonds. The number of nitrogens with zero attached hydrogens (tertiary/aromatic N) is 3. The Morgan fingerprint density at radius 1 is 0.973 bits per heavy atom. The Labute approximate surface area is 220 Å². The van der Waals surface area contributed by atoms with Gasteiger partial charge in [0.15, 0.2) is 17.3 Å². The Morgan fingerprint density at radius 3 is 2.46 bits per heavy atom. The molecule has 194 valence electrons. The molecule has 10 heteroatoms. The van der Waals surface area contributed by atoms with E-state index < -0.39 is 5.91 Å². The average Bonchev–Trinajstić information content (AvgIpc) is 3.31. The van der Waals surface area contributed by atoms with Gasteiger partial charge in [-0.25, -0.2) is 0 Å². The van der Waals surface area contributed by atoms with Crippen molar-refractivity contribution in [2.24, 2.45) is 10.1 Å². The molecule has 0 radical (unpaired) electrons. The van der Waals surface area contributed by atoms with Crippen LogP contribution in [0.25, 0.3) is 6.08 Å². The molecular formula is C27H30N4O5S. The van der Waals surface area contributed by atoms with E-state index in [9.17, 15) is 4.79 Å². The first-order valence-corrected chi connectivity index (χ1v) is 13.0. The van der Waals surface area contributed by atoms with Crippen LogP contribution in [0.3, 0.4) is 0 Å². The molecule has 0 aliphatic carbocycles. The number of amides is 1. The number of ether oxygens (including phenoxy) is 4. The molecule has 2 aliphatic heterocycles. The van der Waals surface area contributed by atoms with E-state index in [1.807, 2.05) is 45.0 Å². The predicted molar refractivity (Wildman–Crippen MR) is 146 cm³/mol. The van der Waals surface area contributed by atoms with Crippen molar-refractivity contribution < 1.29 is 23.7 Å². The second kappa shape index (κ2) is 12.6. The topological polar surface area (TPSA) is 106 Å². The highest BCUT2D eigenvalue weighted by atomic mass is 32.2. The zero-order valence-corrected chi connectivity index (χ0v) is 22.0. The van der Waals surface area contributed by atoms with Crippen LogP contribution in [0.5, 0.6) is 17.2 Å². The molecule has 2 aromatic carbocycles. The van der Waals surface area contributed by atoms with Gasteiger partial charge in [0.2, 0.25) is 5.17 Å². The number of aliphatic imine (C=N–C) groups is 1. The third-order valence-corrected chi connectivity index (χ3v) is 6.49. The van der Waals surface area contributed by atoms with E-state index in [0.717, 1.165) is 16.4 Å². The fourth-order valence-corrected chi connectivity index (χ4v) is 4.41. The van der Waals surface area contributed by atoms with Crippen LogP contribution in [0.2, 0.25) is 0 Å². The zero-order valence-electron chi connectivity index (χ0n) is 21.2. The summed E-state index contributed by atoms with van der Waals surface area (Å²) in [5.41, 5.74) is 1.95. The highest BCUT2D eigenvalue weighted by molar-refractivity contribution is 8.26. The van der Waals surface area contributed by atoms with Gasteiger partial charge in [-0.05, 0) is 67.4 Å². The molecule has 0 atom stereocenters. The maximum absolute atomic E-state index is 12.6. The van der Waals surface area contributed by atoms with Gasteiger partial charge in [0.05, 0.1) is 25.4 Å². The molecule has 2 heterocycles. The highest BCUT2D eigenvalue weighted by Crippen LogP contribution is 2.32. The summed E-state index contributed by atoms with van der Waals surface area (Å²) in [6, 6.07) is 13.2. The Bertz CT molecular complexity index is 1260. The Hall–Kier alpha value is -3.63. The fraction of sp³-hybridized carbons (Fsp3) is 0.333. The molecule has 9 nitrogen and oxygen atoms in total. The minimum Gasteiger partial charge on any atom is -0.491 e. The molecule has 1 N–H and O–H groups in total. The lowest BCUT2D eigenvalue weighted by Gasteiger charge is -2.20. The van der Waals surface area contributed by atoms with Crippen molar-refractivity contribution in [3.63, 3.8) is 0 Å². The molecule has 0 saturated heterocycles. The average molecular weight is 523 g/mol. The maximum Gasteiger partial charge on any atom is 0.283 e. The van der Waals surface area contributed by atoms with Gasteiger partial charge >= 0.3 is 0 Å². The molecule has 0 saturated carbocycles. The second-order valence-electron chi connectivity index (χ2n) is 8.08. The standard InChI is InChI=1S/C27H30N4O5S/c1-4-24-30-31-25(28)20(26(32)29-27(31)37-24)16-19-10-11-22(23(17-19)34-5-2)36-15-13-33-12-14-35-21-9-7-6-8-18(21)3/h6-11,16-17,28H,4-5,12-15H2,1-3H3/b20-16-,28-25?. The van der Waals surface area contributed by atoms with Crippen molar-refractivity contribution >= 4 is 39.8 Å². The zero-order chi connectivity index (χ0) is 26.2. The van der Waals surface area contributed by atoms with E-state index in [2.05, 4.69) is 10.1 Å². The molecule has 0 bridgehead atoms. The van der Waals surface area contributed by atoms with E-state index >= 15 is 0 Å². The molecule has 0 fully saturated rings. The first-order chi connectivity index (χ1) is 18.0. The summed E-state index contributed by atoms with van der Waals surface area (Å²) in [7, 11) is 0. The molecule has 37 heavy (non-hydrogen) atoms. The number of hydrazone groups is 1. The first-order valence-electron chi connectivity index (χ1n) is 12.1. The van der Waals surface area contributed by atoms with Gasteiger partial charge in [0.25, 0.3) is 5.91 Å². The van der Waals surface area contributed by atoms with Crippen LogP contribution < -0.4 is 14.2 Å². The minimum atomic E-state index is -0.460. The maximum atomic E-state index is 12.6. The third kappa shape index (κ3) is 6.58. The molecule has 2 aliphatic rings. The number of carbonyl (C=O) groups excluding carboxylic acids is 1. The van der Waals surface area contributed by atoms with Crippen LogP contribution in [-0.4, -0.2) is 60.0 Å². The van der Waals surface area contributed by atoms with Gasteiger partial charge in [-0.1, -0.05) is 31.2 Å². The molecule has 2 aromatic rings. The quantitative estimate of drug-likeness (QED) is 0.312. The van der Waals surface area contributed by atoms with E-state index in [1.165, 1.54) is 16.8 Å². The normalized spacial score (nSPS) is 16.0. The van der Waals surface area contributed by atoms with Gasteiger partial charge in [-0.3, -0.25) is 10.2 Å².